The van der Waals surface area contributed by atoms with Crippen LogP contribution < -0.4 is 0 Å². The summed E-state index contributed by atoms with van der Waals surface area (Å²) in [5, 5.41) is 0. The van der Waals surface area contributed by atoms with E-state index in [1.54, 1.807) is 6.92 Å². The van der Waals surface area contributed by atoms with E-state index in [9.17, 15) is 13.6 Å². The summed E-state index contributed by atoms with van der Waals surface area (Å²) >= 11 is 0. The molecule has 2 unspecified atom stereocenters. The van der Waals surface area contributed by atoms with Crippen LogP contribution in [-0.4, -0.2) is 11.7 Å². The van der Waals surface area contributed by atoms with Gasteiger partial charge in [0.2, 0.25) is 5.92 Å². The first-order chi connectivity index (χ1) is 5.41. The van der Waals surface area contributed by atoms with Gasteiger partial charge in [-0.2, -0.15) is 0 Å². The summed E-state index contributed by atoms with van der Waals surface area (Å²) in [5.41, 5.74) is 0. The first kappa shape index (κ1) is 9.62. The van der Waals surface area contributed by atoms with Crippen LogP contribution in [0.25, 0.3) is 0 Å². The summed E-state index contributed by atoms with van der Waals surface area (Å²) in [6, 6.07) is 0. The van der Waals surface area contributed by atoms with Crippen molar-refractivity contribution >= 4 is 5.78 Å². The molecule has 0 heterocycles. The molecule has 12 heavy (non-hydrogen) atoms. The Kier molecular flexibility index (Phi) is 2.49. The van der Waals surface area contributed by atoms with E-state index in [-0.39, 0.29) is 24.5 Å². The molecule has 0 spiro atoms. The third kappa shape index (κ3) is 2.26. The molecular formula is C9H14F2O. The Morgan fingerprint density at radius 2 is 2.00 bits per heavy atom. The van der Waals surface area contributed by atoms with Gasteiger partial charge in [0.25, 0.3) is 0 Å². The van der Waals surface area contributed by atoms with Gasteiger partial charge in [-0.3, -0.25) is 4.79 Å². The zero-order valence-corrected chi connectivity index (χ0v) is 7.44. The molecule has 0 bridgehead atoms. The monoisotopic (exact) mass is 176 g/mol. The molecule has 1 nitrogen and oxygen atoms in total. The molecule has 1 aliphatic carbocycles. The first-order valence-corrected chi connectivity index (χ1v) is 4.29. The molecule has 70 valence electrons. The molecule has 0 saturated heterocycles. The summed E-state index contributed by atoms with van der Waals surface area (Å²) in [7, 11) is 0. The van der Waals surface area contributed by atoms with Crippen molar-refractivity contribution in [1.29, 1.82) is 0 Å². The highest BCUT2D eigenvalue weighted by Crippen LogP contribution is 2.39. The second kappa shape index (κ2) is 3.11. The molecule has 0 aromatic heterocycles. The van der Waals surface area contributed by atoms with Crippen LogP contribution in [-0.2, 0) is 4.79 Å². The Labute approximate surface area is 71.1 Å². The third-order valence-electron chi connectivity index (χ3n) is 2.45. The Morgan fingerprint density at radius 1 is 1.42 bits per heavy atom. The van der Waals surface area contributed by atoms with E-state index in [2.05, 4.69) is 0 Å². The van der Waals surface area contributed by atoms with E-state index in [1.165, 1.54) is 6.92 Å². The third-order valence-corrected chi connectivity index (χ3v) is 2.45. The maximum absolute atomic E-state index is 12.9. The fraction of sp³-hybridized carbons (Fsp3) is 0.889. The highest BCUT2D eigenvalue weighted by Gasteiger charge is 2.40. The van der Waals surface area contributed by atoms with Crippen LogP contribution in [0.5, 0.6) is 0 Å². The average molecular weight is 176 g/mol. The number of hydrogen-bond donors (Lipinski definition) is 0. The number of carbonyl (C=O) groups is 1. The summed E-state index contributed by atoms with van der Waals surface area (Å²) in [6.07, 6.45) is 0.328. The predicted molar refractivity (Wildman–Crippen MR) is 42.1 cm³/mol. The molecule has 0 amide bonds. The zero-order chi connectivity index (χ0) is 9.35. The lowest BCUT2D eigenvalue weighted by Crippen LogP contribution is -2.33. The minimum Gasteiger partial charge on any atom is -0.300 e. The largest absolute Gasteiger partial charge is 0.300 e. The number of halogens is 2. The van der Waals surface area contributed by atoms with Gasteiger partial charge in [-0.25, -0.2) is 8.78 Å². The molecule has 1 fully saturated rings. The molecular weight excluding hydrogens is 162 g/mol. The normalized spacial score (nSPS) is 34.7. The first-order valence-electron chi connectivity index (χ1n) is 4.29. The lowest BCUT2D eigenvalue weighted by molar-refractivity contribution is -0.130. The van der Waals surface area contributed by atoms with Crippen LogP contribution >= 0.6 is 0 Å². The molecule has 0 radical (unpaired) electrons. The van der Waals surface area contributed by atoms with Crippen molar-refractivity contribution < 1.29 is 13.6 Å². The highest BCUT2D eigenvalue weighted by molar-refractivity contribution is 5.78. The van der Waals surface area contributed by atoms with Crippen LogP contribution in [0, 0.1) is 11.8 Å². The molecule has 1 saturated carbocycles. The van der Waals surface area contributed by atoms with Crippen molar-refractivity contribution in [3.63, 3.8) is 0 Å². The van der Waals surface area contributed by atoms with Crippen LogP contribution in [0.2, 0.25) is 0 Å². The Bertz CT molecular complexity index is 189. The fourth-order valence-corrected chi connectivity index (χ4v) is 1.92. The minimum atomic E-state index is -2.62. The fourth-order valence-electron chi connectivity index (χ4n) is 1.92. The number of alkyl halides is 2. The van der Waals surface area contributed by atoms with Crippen LogP contribution in [0.15, 0.2) is 0 Å². The molecule has 0 N–H and O–H groups in total. The number of ketones is 1. The van der Waals surface area contributed by atoms with Crippen molar-refractivity contribution in [2.75, 3.05) is 0 Å². The Balaban J connectivity index is 2.64. The second-order valence-electron chi connectivity index (χ2n) is 3.91. The van der Waals surface area contributed by atoms with Gasteiger partial charge in [-0.1, -0.05) is 6.92 Å². The number of rotatable bonds is 1. The second-order valence-corrected chi connectivity index (χ2v) is 3.91. The maximum atomic E-state index is 12.9. The molecule has 1 aliphatic rings. The highest BCUT2D eigenvalue weighted by atomic mass is 19.3. The van der Waals surface area contributed by atoms with Gasteiger partial charge in [0, 0.05) is 18.8 Å². The van der Waals surface area contributed by atoms with E-state index in [4.69, 9.17) is 0 Å². The summed E-state index contributed by atoms with van der Waals surface area (Å²) < 4.78 is 25.8. The van der Waals surface area contributed by atoms with E-state index in [0.717, 1.165) is 0 Å². The number of hydrogen-bond acceptors (Lipinski definition) is 1. The van der Waals surface area contributed by atoms with Gasteiger partial charge in [0.15, 0.2) is 0 Å². The van der Waals surface area contributed by atoms with Crippen molar-refractivity contribution in [3.05, 3.63) is 0 Å². The van der Waals surface area contributed by atoms with Gasteiger partial charge in [0.05, 0.1) is 0 Å². The maximum Gasteiger partial charge on any atom is 0.249 e. The van der Waals surface area contributed by atoms with Crippen LogP contribution in [0.1, 0.15) is 33.1 Å². The van der Waals surface area contributed by atoms with Crippen molar-refractivity contribution in [2.45, 2.75) is 39.0 Å². The van der Waals surface area contributed by atoms with Crippen LogP contribution in [0.3, 0.4) is 0 Å². The predicted octanol–water partition coefficient (Wildman–Crippen LogP) is 2.65. The van der Waals surface area contributed by atoms with E-state index < -0.39 is 11.8 Å². The lowest BCUT2D eigenvalue weighted by atomic mass is 9.78. The molecule has 0 aromatic rings. The zero-order valence-electron chi connectivity index (χ0n) is 7.44. The topological polar surface area (TPSA) is 17.1 Å². The molecule has 0 aliphatic heterocycles. The van der Waals surface area contributed by atoms with Crippen molar-refractivity contribution in [2.24, 2.45) is 11.8 Å². The van der Waals surface area contributed by atoms with E-state index >= 15 is 0 Å². The van der Waals surface area contributed by atoms with Gasteiger partial charge >= 0.3 is 0 Å². The molecule has 2 atom stereocenters. The summed E-state index contributed by atoms with van der Waals surface area (Å²) in [4.78, 5) is 10.9. The molecule has 0 aromatic carbocycles. The quantitative estimate of drug-likeness (QED) is 0.600. The van der Waals surface area contributed by atoms with Gasteiger partial charge < -0.3 is 0 Å². The minimum absolute atomic E-state index is 0.0253. The van der Waals surface area contributed by atoms with Gasteiger partial charge in [-0.05, 0) is 19.3 Å². The van der Waals surface area contributed by atoms with Gasteiger partial charge in [-0.15, -0.1) is 0 Å². The summed E-state index contributed by atoms with van der Waals surface area (Å²) in [5.74, 6) is -3.15. The van der Waals surface area contributed by atoms with Gasteiger partial charge in [0.1, 0.15) is 5.78 Å². The Morgan fingerprint density at radius 3 is 2.42 bits per heavy atom. The Hall–Kier alpha value is -0.470. The van der Waals surface area contributed by atoms with E-state index in [0.29, 0.717) is 6.42 Å². The van der Waals surface area contributed by atoms with Crippen LogP contribution in [0.4, 0.5) is 8.78 Å². The average Bonchev–Trinajstić information content (AvgIpc) is 1.82. The van der Waals surface area contributed by atoms with Crippen molar-refractivity contribution in [1.82, 2.24) is 0 Å². The summed E-state index contributed by atoms with van der Waals surface area (Å²) in [6.45, 7) is 3.18. The standard InChI is InChI=1S/C9H14F2O/c1-6-3-8(7(2)12)5-9(10,11)4-6/h6,8H,3-5H2,1-2H3. The SMILES string of the molecule is CC(=O)C1CC(C)CC(F)(F)C1. The number of carbonyl (C=O) groups excluding carboxylic acids is 1. The molecule has 1 rings (SSSR count). The smallest absolute Gasteiger partial charge is 0.249 e. The molecule has 3 heteroatoms. The number of Topliss-reactive ketones (excluding diaryl/α,β-unsaturated/α-hetero) is 1. The van der Waals surface area contributed by atoms with E-state index in [1.807, 2.05) is 0 Å². The lowest BCUT2D eigenvalue weighted by Gasteiger charge is -2.31. The van der Waals surface area contributed by atoms with Crippen molar-refractivity contribution in [3.8, 4) is 0 Å².